The van der Waals surface area contributed by atoms with Crippen LogP contribution in [0.4, 0.5) is 0 Å². The van der Waals surface area contributed by atoms with Gasteiger partial charge in [-0.3, -0.25) is 4.79 Å². The van der Waals surface area contributed by atoms with Gasteiger partial charge in [0, 0.05) is 18.7 Å². The van der Waals surface area contributed by atoms with Crippen LogP contribution in [0.2, 0.25) is 0 Å². The highest BCUT2D eigenvalue weighted by atomic mass is 16.1. The summed E-state index contributed by atoms with van der Waals surface area (Å²) in [5, 5.41) is 6.49. The molecule has 1 amide bonds. The van der Waals surface area contributed by atoms with E-state index in [1.807, 2.05) is 30.3 Å². The van der Waals surface area contributed by atoms with Gasteiger partial charge < -0.3 is 10.6 Å². The molecule has 0 bridgehead atoms. The van der Waals surface area contributed by atoms with Gasteiger partial charge in [-0.1, -0.05) is 50.2 Å². The third kappa shape index (κ3) is 3.04. The highest BCUT2D eigenvalue weighted by Gasteiger charge is 2.20. The van der Waals surface area contributed by atoms with Gasteiger partial charge >= 0.3 is 0 Å². The molecular formula is C19H22N2O. The number of fused-ring (bicyclic) bond motifs is 1. The number of hydrogen-bond acceptors (Lipinski definition) is 2. The summed E-state index contributed by atoms with van der Waals surface area (Å²) < 4.78 is 0. The third-order valence-electron chi connectivity index (χ3n) is 4.21. The molecule has 0 radical (unpaired) electrons. The zero-order valence-corrected chi connectivity index (χ0v) is 13.1. The van der Waals surface area contributed by atoms with E-state index < -0.39 is 0 Å². The second-order valence-corrected chi connectivity index (χ2v) is 6.19. The average molecular weight is 294 g/mol. The highest BCUT2D eigenvalue weighted by molar-refractivity contribution is 5.94. The first kappa shape index (κ1) is 14.8. The van der Waals surface area contributed by atoms with Gasteiger partial charge in [0.05, 0.1) is 6.04 Å². The molecule has 1 unspecified atom stereocenters. The average Bonchev–Trinajstić information content (AvgIpc) is 3.00. The van der Waals surface area contributed by atoms with Crippen LogP contribution in [0, 0.1) is 5.92 Å². The molecule has 0 aliphatic carbocycles. The maximum absolute atomic E-state index is 12.6. The standard InChI is InChI=1S/C19H22N2O/c1-13(2)18(14-6-4-3-5-7-14)21-19(22)15-8-9-16-11-20-12-17(16)10-15/h3-10,13,18,20H,11-12H2,1-2H3,(H,21,22). The molecule has 0 spiro atoms. The highest BCUT2D eigenvalue weighted by Crippen LogP contribution is 2.23. The minimum atomic E-state index is -0.00254. The lowest BCUT2D eigenvalue weighted by atomic mass is 9.95. The van der Waals surface area contributed by atoms with Crippen LogP contribution >= 0.6 is 0 Å². The molecular weight excluding hydrogens is 272 g/mol. The van der Waals surface area contributed by atoms with Crippen molar-refractivity contribution in [3.8, 4) is 0 Å². The number of carbonyl (C=O) groups is 1. The summed E-state index contributed by atoms with van der Waals surface area (Å²) in [5.41, 5.74) is 4.41. The van der Waals surface area contributed by atoms with Crippen molar-refractivity contribution in [3.63, 3.8) is 0 Å². The molecule has 114 valence electrons. The summed E-state index contributed by atoms with van der Waals surface area (Å²) in [6.45, 7) is 6.01. The second kappa shape index (κ2) is 6.32. The number of hydrogen-bond donors (Lipinski definition) is 2. The Kier molecular flexibility index (Phi) is 4.25. The molecule has 3 heteroatoms. The van der Waals surface area contributed by atoms with Crippen molar-refractivity contribution in [2.24, 2.45) is 5.92 Å². The maximum Gasteiger partial charge on any atom is 0.251 e. The summed E-state index contributed by atoms with van der Waals surface area (Å²) in [6.07, 6.45) is 0. The smallest absolute Gasteiger partial charge is 0.251 e. The first-order chi connectivity index (χ1) is 10.6. The Bertz CT molecular complexity index is 664. The van der Waals surface area contributed by atoms with E-state index in [9.17, 15) is 4.79 Å². The van der Waals surface area contributed by atoms with Gasteiger partial charge in [0.1, 0.15) is 0 Å². The van der Waals surface area contributed by atoms with E-state index >= 15 is 0 Å². The van der Waals surface area contributed by atoms with Gasteiger partial charge in [-0.15, -0.1) is 0 Å². The minimum absolute atomic E-state index is 0.00254. The van der Waals surface area contributed by atoms with Crippen LogP contribution < -0.4 is 10.6 Å². The predicted molar refractivity (Wildman–Crippen MR) is 88.5 cm³/mol. The molecule has 1 atom stereocenters. The molecule has 2 aromatic rings. The Labute approximate surface area is 131 Å². The second-order valence-electron chi connectivity index (χ2n) is 6.19. The summed E-state index contributed by atoms with van der Waals surface area (Å²) in [4.78, 5) is 12.6. The van der Waals surface area contributed by atoms with Crippen molar-refractivity contribution in [2.75, 3.05) is 0 Å². The first-order valence-corrected chi connectivity index (χ1v) is 7.83. The zero-order valence-electron chi connectivity index (χ0n) is 13.1. The van der Waals surface area contributed by atoms with Crippen molar-refractivity contribution < 1.29 is 4.79 Å². The molecule has 1 aliphatic rings. The molecule has 1 heterocycles. The van der Waals surface area contributed by atoms with Crippen LogP contribution in [0.25, 0.3) is 0 Å². The number of amides is 1. The normalized spacial score (nSPS) is 14.7. The van der Waals surface area contributed by atoms with Crippen LogP contribution in [-0.2, 0) is 13.1 Å². The summed E-state index contributed by atoms with van der Waals surface area (Å²) >= 11 is 0. The Hall–Kier alpha value is -2.13. The molecule has 2 N–H and O–H groups in total. The lowest BCUT2D eigenvalue weighted by Crippen LogP contribution is -2.31. The van der Waals surface area contributed by atoms with E-state index in [4.69, 9.17) is 0 Å². The Morgan fingerprint density at radius 3 is 2.50 bits per heavy atom. The van der Waals surface area contributed by atoms with E-state index in [0.29, 0.717) is 5.92 Å². The minimum Gasteiger partial charge on any atom is -0.345 e. The number of nitrogens with one attached hydrogen (secondary N) is 2. The zero-order chi connectivity index (χ0) is 15.5. The van der Waals surface area contributed by atoms with E-state index in [0.717, 1.165) is 24.2 Å². The molecule has 2 aromatic carbocycles. The van der Waals surface area contributed by atoms with Gasteiger partial charge in [0.2, 0.25) is 0 Å². The molecule has 0 saturated carbocycles. The van der Waals surface area contributed by atoms with Gasteiger partial charge in [0.15, 0.2) is 0 Å². The summed E-state index contributed by atoms with van der Waals surface area (Å²) in [5.74, 6) is 0.333. The maximum atomic E-state index is 12.6. The topological polar surface area (TPSA) is 41.1 Å². The lowest BCUT2D eigenvalue weighted by Gasteiger charge is -2.23. The summed E-state index contributed by atoms with van der Waals surface area (Å²) in [7, 11) is 0. The molecule has 0 saturated heterocycles. The van der Waals surface area contributed by atoms with E-state index in [1.165, 1.54) is 11.1 Å². The molecule has 1 aliphatic heterocycles. The fourth-order valence-corrected chi connectivity index (χ4v) is 2.96. The number of rotatable bonds is 4. The fraction of sp³-hybridized carbons (Fsp3) is 0.316. The third-order valence-corrected chi connectivity index (χ3v) is 4.21. The monoisotopic (exact) mass is 294 g/mol. The molecule has 3 nitrogen and oxygen atoms in total. The van der Waals surface area contributed by atoms with Crippen molar-refractivity contribution in [2.45, 2.75) is 33.0 Å². The van der Waals surface area contributed by atoms with Crippen LogP contribution in [0.15, 0.2) is 48.5 Å². The predicted octanol–water partition coefficient (Wildman–Crippen LogP) is 3.42. The van der Waals surface area contributed by atoms with Crippen molar-refractivity contribution in [3.05, 3.63) is 70.8 Å². The Morgan fingerprint density at radius 1 is 1.05 bits per heavy atom. The van der Waals surface area contributed by atoms with Crippen LogP contribution in [-0.4, -0.2) is 5.91 Å². The molecule has 3 rings (SSSR count). The number of benzene rings is 2. The number of carbonyl (C=O) groups excluding carboxylic acids is 1. The van der Waals surface area contributed by atoms with Crippen LogP contribution in [0.3, 0.4) is 0 Å². The van der Waals surface area contributed by atoms with Gasteiger partial charge in [-0.2, -0.15) is 0 Å². The van der Waals surface area contributed by atoms with Crippen molar-refractivity contribution in [1.29, 1.82) is 0 Å². The van der Waals surface area contributed by atoms with E-state index in [2.05, 4.69) is 42.7 Å². The largest absolute Gasteiger partial charge is 0.345 e. The van der Waals surface area contributed by atoms with E-state index in [1.54, 1.807) is 0 Å². The van der Waals surface area contributed by atoms with Crippen molar-refractivity contribution >= 4 is 5.91 Å². The quantitative estimate of drug-likeness (QED) is 0.907. The van der Waals surface area contributed by atoms with Crippen LogP contribution in [0.5, 0.6) is 0 Å². The summed E-state index contributed by atoms with van der Waals surface area (Å²) in [6, 6.07) is 16.2. The molecule has 22 heavy (non-hydrogen) atoms. The van der Waals surface area contributed by atoms with Crippen LogP contribution in [0.1, 0.15) is 46.9 Å². The Morgan fingerprint density at radius 2 is 1.77 bits per heavy atom. The first-order valence-electron chi connectivity index (χ1n) is 7.83. The Balaban J connectivity index is 1.80. The molecule has 0 aromatic heterocycles. The fourth-order valence-electron chi connectivity index (χ4n) is 2.96. The van der Waals surface area contributed by atoms with Crippen molar-refractivity contribution in [1.82, 2.24) is 10.6 Å². The van der Waals surface area contributed by atoms with Gasteiger partial charge in [-0.05, 0) is 34.7 Å². The lowest BCUT2D eigenvalue weighted by molar-refractivity contribution is 0.0925. The van der Waals surface area contributed by atoms with Gasteiger partial charge in [0.25, 0.3) is 5.91 Å². The SMILES string of the molecule is CC(C)C(NC(=O)c1ccc2c(c1)CNC2)c1ccccc1. The molecule has 0 fully saturated rings. The van der Waals surface area contributed by atoms with Gasteiger partial charge in [-0.25, -0.2) is 0 Å². The van der Waals surface area contributed by atoms with E-state index in [-0.39, 0.29) is 11.9 Å².